The van der Waals surface area contributed by atoms with Crippen LogP contribution in [0.2, 0.25) is 0 Å². The summed E-state index contributed by atoms with van der Waals surface area (Å²) < 4.78 is 5.51. The van der Waals surface area contributed by atoms with Gasteiger partial charge in [0.1, 0.15) is 5.69 Å². The molecule has 0 atom stereocenters. The zero-order valence-corrected chi connectivity index (χ0v) is 14.2. The summed E-state index contributed by atoms with van der Waals surface area (Å²) in [6.07, 6.45) is 2.08. The van der Waals surface area contributed by atoms with Gasteiger partial charge in [0.2, 0.25) is 11.7 Å². The summed E-state index contributed by atoms with van der Waals surface area (Å²) in [5.41, 5.74) is 5.42. The van der Waals surface area contributed by atoms with Crippen LogP contribution in [0.3, 0.4) is 0 Å². The van der Waals surface area contributed by atoms with E-state index in [9.17, 15) is 0 Å². The molecule has 1 aromatic carbocycles. The molecule has 0 radical (unpaired) electrons. The van der Waals surface area contributed by atoms with Gasteiger partial charge in [-0.3, -0.25) is 0 Å². The highest BCUT2D eigenvalue weighted by Crippen LogP contribution is 2.28. The van der Waals surface area contributed by atoms with Gasteiger partial charge in [-0.1, -0.05) is 5.16 Å². The molecule has 25 heavy (non-hydrogen) atoms. The van der Waals surface area contributed by atoms with E-state index in [0.717, 1.165) is 59.9 Å². The first-order valence-electron chi connectivity index (χ1n) is 8.30. The summed E-state index contributed by atoms with van der Waals surface area (Å²) in [4.78, 5) is 16.8. The molecule has 8 heteroatoms. The minimum atomic E-state index is 0.356. The lowest BCUT2D eigenvalue weighted by atomic mass is 9.98. The van der Waals surface area contributed by atoms with Crippen molar-refractivity contribution >= 4 is 22.4 Å². The van der Waals surface area contributed by atoms with Crippen LogP contribution in [0.1, 0.15) is 24.7 Å². The Kier molecular flexibility index (Phi) is 3.57. The summed E-state index contributed by atoms with van der Waals surface area (Å²) in [5, 5.41) is 9.50. The van der Waals surface area contributed by atoms with Crippen molar-refractivity contribution in [1.82, 2.24) is 30.4 Å². The van der Waals surface area contributed by atoms with E-state index in [1.165, 1.54) is 0 Å². The summed E-state index contributed by atoms with van der Waals surface area (Å²) in [7, 11) is 0. The Morgan fingerprint density at radius 3 is 2.92 bits per heavy atom. The van der Waals surface area contributed by atoms with E-state index in [1.807, 2.05) is 23.6 Å². The number of aromatic amines is 1. The molecule has 2 N–H and O–H groups in total. The van der Waals surface area contributed by atoms with Gasteiger partial charge in [-0.2, -0.15) is 4.98 Å². The monoisotopic (exact) mass is 352 g/mol. The van der Waals surface area contributed by atoms with E-state index in [0.29, 0.717) is 11.7 Å². The van der Waals surface area contributed by atoms with Gasteiger partial charge in [-0.15, -0.1) is 11.3 Å². The molecule has 0 amide bonds. The Morgan fingerprint density at radius 2 is 2.08 bits per heavy atom. The van der Waals surface area contributed by atoms with Gasteiger partial charge in [0.05, 0.1) is 16.5 Å². The topological polar surface area (TPSA) is 92.5 Å². The predicted molar refractivity (Wildman–Crippen MR) is 95.3 cm³/mol. The van der Waals surface area contributed by atoms with E-state index < -0.39 is 0 Å². The number of rotatable bonds is 3. The SMILES string of the molecule is c1nc(-c2nc3ccc(-c4noc(C5CCNCC5)n4)cc3[nH]2)cs1. The van der Waals surface area contributed by atoms with Crippen molar-refractivity contribution in [3.8, 4) is 22.9 Å². The maximum absolute atomic E-state index is 5.51. The number of fused-ring (bicyclic) bond motifs is 1. The molecule has 1 saturated heterocycles. The number of piperidine rings is 1. The fraction of sp³-hybridized carbons (Fsp3) is 0.294. The van der Waals surface area contributed by atoms with Gasteiger partial charge in [-0.25, -0.2) is 9.97 Å². The van der Waals surface area contributed by atoms with Gasteiger partial charge in [0.25, 0.3) is 0 Å². The van der Waals surface area contributed by atoms with E-state index >= 15 is 0 Å². The minimum absolute atomic E-state index is 0.356. The molecule has 0 aliphatic carbocycles. The van der Waals surface area contributed by atoms with Crippen LogP contribution in [-0.4, -0.2) is 38.2 Å². The van der Waals surface area contributed by atoms with Gasteiger partial charge >= 0.3 is 0 Å². The average molecular weight is 352 g/mol. The number of hydrogen-bond donors (Lipinski definition) is 2. The smallest absolute Gasteiger partial charge is 0.230 e. The van der Waals surface area contributed by atoms with Crippen LogP contribution in [0.25, 0.3) is 33.9 Å². The van der Waals surface area contributed by atoms with Gasteiger partial charge in [0, 0.05) is 16.9 Å². The molecule has 0 unspecified atom stereocenters. The highest BCUT2D eigenvalue weighted by atomic mass is 32.1. The molecule has 4 heterocycles. The zero-order valence-electron chi connectivity index (χ0n) is 13.4. The Labute approximate surface area is 147 Å². The summed E-state index contributed by atoms with van der Waals surface area (Å²) >= 11 is 1.55. The molecule has 1 aliphatic heterocycles. The predicted octanol–water partition coefficient (Wildman–Crippen LogP) is 3.20. The van der Waals surface area contributed by atoms with Crippen LogP contribution in [0.15, 0.2) is 33.6 Å². The standard InChI is InChI=1S/C17H16N6OS/c1-2-12-13(21-16(20-12)14-8-25-9-19-14)7-11(1)15-22-17(24-23-15)10-3-5-18-6-4-10/h1-2,7-10,18H,3-6H2,(H,20,21). The highest BCUT2D eigenvalue weighted by molar-refractivity contribution is 7.07. The quantitative estimate of drug-likeness (QED) is 0.588. The number of nitrogens with one attached hydrogen (secondary N) is 2. The molecule has 4 aromatic rings. The number of benzene rings is 1. The van der Waals surface area contributed by atoms with Crippen LogP contribution in [-0.2, 0) is 0 Å². The molecular weight excluding hydrogens is 336 g/mol. The molecule has 1 aliphatic rings. The van der Waals surface area contributed by atoms with E-state index in [4.69, 9.17) is 4.52 Å². The zero-order chi connectivity index (χ0) is 16.6. The fourth-order valence-corrected chi connectivity index (χ4v) is 3.72. The highest BCUT2D eigenvalue weighted by Gasteiger charge is 2.22. The molecule has 7 nitrogen and oxygen atoms in total. The van der Waals surface area contributed by atoms with Crippen molar-refractivity contribution in [3.05, 3.63) is 35.0 Å². The second-order valence-electron chi connectivity index (χ2n) is 6.17. The fourth-order valence-electron chi connectivity index (χ4n) is 3.19. The third-order valence-electron chi connectivity index (χ3n) is 4.55. The van der Waals surface area contributed by atoms with Gasteiger partial charge in [-0.05, 0) is 44.1 Å². The van der Waals surface area contributed by atoms with Crippen molar-refractivity contribution in [2.75, 3.05) is 13.1 Å². The first kappa shape index (κ1) is 14.7. The largest absolute Gasteiger partial charge is 0.339 e. The number of aromatic nitrogens is 5. The normalized spacial score (nSPS) is 15.8. The van der Waals surface area contributed by atoms with Crippen LogP contribution in [0.5, 0.6) is 0 Å². The summed E-state index contributed by atoms with van der Waals surface area (Å²) in [6, 6.07) is 5.96. The molecule has 0 spiro atoms. The minimum Gasteiger partial charge on any atom is -0.339 e. The van der Waals surface area contributed by atoms with Crippen molar-refractivity contribution in [1.29, 1.82) is 0 Å². The average Bonchev–Trinajstić information content (AvgIpc) is 3.41. The van der Waals surface area contributed by atoms with Crippen molar-refractivity contribution < 1.29 is 4.52 Å². The van der Waals surface area contributed by atoms with Crippen LogP contribution < -0.4 is 5.32 Å². The summed E-state index contributed by atoms with van der Waals surface area (Å²) in [5.74, 6) is 2.50. The molecule has 126 valence electrons. The third-order valence-corrected chi connectivity index (χ3v) is 5.13. The van der Waals surface area contributed by atoms with Crippen LogP contribution in [0, 0.1) is 0 Å². The second-order valence-corrected chi connectivity index (χ2v) is 6.89. The van der Waals surface area contributed by atoms with E-state index in [-0.39, 0.29) is 0 Å². The first-order chi connectivity index (χ1) is 12.4. The van der Waals surface area contributed by atoms with Gasteiger partial charge < -0.3 is 14.8 Å². The molecule has 5 rings (SSSR count). The number of nitrogens with zero attached hydrogens (tertiary/aromatic N) is 4. The van der Waals surface area contributed by atoms with Crippen molar-refractivity contribution in [2.45, 2.75) is 18.8 Å². The van der Waals surface area contributed by atoms with Crippen molar-refractivity contribution in [2.24, 2.45) is 0 Å². The van der Waals surface area contributed by atoms with Gasteiger partial charge in [0.15, 0.2) is 5.82 Å². The molecular formula is C17H16N6OS. The second kappa shape index (κ2) is 6.05. The van der Waals surface area contributed by atoms with Crippen LogP contribution >= 0.6 is 11.3 Å². The summed E-state index contributed by atoms with van der Waals surface area (Å²) in [6.45, 7) is 2.00. The number of H-pyrrole nitrogens is 1. The Bertz CT molecular complexity index is 999. The van der Waals surface area contributed by atoms with Crippen LogP contribution in [0.4, 0.5) is 0 Å². The Hall–Kier alpha value is -2.58. The molecule has 0 saturated carbocycles. The Morgan fingerprint density at radius 1 is 1.16 bits per heavy atom. The maximum Gasteiger partial charge on any atom is 0.230 e. The lowest BCUT2D eigenvalue weighted by Crippen LogP contribution is -2.26. The van der Waals surface area contributed by atoms with E-state index in [2.05, 4.69) is 30.4 Å². The maximum atomic E-state index is 5.51. The third kappa shape index (κ3) is 2.73. The molecule has 0 bridgehead atoms. The number of thiazole rings is 1. The molecule has 3 aromatic heterocycles. The Balaban J connectivity index is 1.47. The lowest BCUT2D eigenvalue weighted by molar-refractivity contribution is 0.320. The lowest BCUT2D eigenvalue weighted by Gasteiger charge is -2.18. The number of hydrogen-bond acceptors (Lipinski definition) is 7. The van der Waals surface area contributed by atoms with E-state index in [1.54, 1.807) is 16.8 Å². The molecule has 1 fully saturated rings. The first-order valence-corrected chi connectivity index (χ1v) is 9.24. The van der Waals surface area contributed by atoms with Crippen molar-refractivity contribution in [3.63, 3.8) is 0 Å². The number of imidazole rings is 1.